The lowest BCUT2D eigenvalue weighted by Crippen LogP contribution is -2.73. The van der Waals surface area contributed by atoms with Gasteiger partial charge in [0.15, 0.2) is 7.28 Å². The van der Waals surface area contributed by atoms with Crippen molar-refractivity contribution < 1.29 is 0 Å². The Kier molecular flexibility index (Phi) is 2.51. The zero-order valence-corrected chi connectivity index (χ0v) is 12.8. The number of hydrogen-bond donors (Lipinski definition) is 0. The number of benzene rings is 1. The summed E-state index contributed by atoms with van der Waals surface area (Å²) in [6.45, 7) is 2.78. The van der Waals surface area contributed by atoms with E-state index in [1.165, 1.54) is 12.8 Å². The lowest BCUT2D eigenvalue weighted by molar-refractivity contribution is 0.193. The number of rotatable bonds is 1. The molecule has 5 heterocycles. The molecule has 0 aliphatic carbocycles. The highest BCUT2D eigenvalue weighted by molar-refractivity contribution is 6.44. The second-order valence-corrected chi connectivity index (χ2v) is 6.90. The molecule has 22 heavy (non-hydrogen) atoms. The number of fused-ring (bicyclic) bond motifs is 2. The first-order chi connectivity index (χ1) is 10.7. The van der Waals surface area contributed by atoms with Crippen LogP contribution in [-0.4, -0.2) is 53.8 Å². The van der Waals surface area contributed by atoms with Gasteiger partial charge in [-0.2, -0.15) is 4.98 Å². The largest absolute Gasteiger partial charge is 0.354 e. The lowest BCUT2D eigenvalue weighted by atomic mass is 9.50. The second-order valence-electron chi connectivity index (χ2n) is 6.90. The van der Waals surface area contributed by atoms with Gasteiger partial charge >= 0.3 is 5.69 Å². The van der Waals surface area contributed by atoms with Gasteiger partial charge in [-0.05, 0) is 31.5 Å². The predicted octanol–water partition coefficient (Wildman–Crippen LogP) is 0.197. The number of aryl methyl sites for hydroxylation is 2. The Morgan fingerprint density at radius 1 is 1.27 bits per heavy atom. The number of anilines is 1. The molecule has 0 saturated carbocycles. The Balaban J connectivity index is 1.70. The minimum Gasteiger partial charge on any atom is -0.354 e. The van der Waals surface area contributed by atoms with Gasteiger partial charge in [0, 0.05) is 36.9 Å². The third-order valence-electron chi connectivity index (χ3n) is 5.75. The van der Waals surface area contributed by atoms with Gasteiger partial charge < -0.3 is 9.80 Å². The summed E-state index contributed by atoms with van der Waals surface area (Å²) in [7, 11) is 3.49. The molecule has 2 aromatic rings. The van der Waals surface area contributed by atoms with Gasteiger partial charge in [-0.3, -0.25) is 4.57 Å². The number of hydrogen-bond acceptors (Lipinski definition) is 4. The van der Waals surface area contributed by atoms with Gasteiger partial charge in [0.05, 0.1) is 5.52 Å². The number of para-hydroxylation sites is 1. The zero-order chi connectivity index (χ0) is 14.8. The maximum atomic E-state index is 12.5. The first kappa shape index (κ1) is 12.7. The Labute approximate surface area is 129 Å². The maximum Gasteiger partial charge on any atom is 0.350 e. The second kappa shape index (κ2) is 4.35. The predicted molar refractivity (Wildman–Crippen MR) is 89.0 cm³/mol. The number of piperazine rings is 1. The summed E-state index contributed by atoms with van der Waals surface area (Å²) >= 11 is 0. The fourth-order valence-electron chi connectivity index (χ4n) is 4.44. The highest BCUT2D eigenvalue weighted by atomic mass is 16.1. The molecule has 3 saturated heterocycles. The summed E-state index contributed by atoms with van der Waals surface area (Å²) in [4.78, 5) is 21.7. The van der Waals surface area contributed by atoms with E-state index in [0.29, 0.717) is 11.9 Å². The molecule has 2 atom stereocenters. The molecular formula is C16H19BN4O. The normalized spacial score (nSPS) is 26.7. The molecule has 2 unspecified atom stereocenters. The highest BCUT2D eigenvalue weighted by Gasteiger charge is 2.44. The van der Waals surface area contributed by atoms with Crippen LogP contribution in [0.4, 0.5) is 5.82 Å². The van der Waals surface area contributed by atoms with E-state index >= 15 is 0 Å². The van der Waals surface area contributed by atoms with Gasteiger partial charge in [0.25, 0.3) is 0 Å². The summed E-state index contributed by atoms with van der Waals surface area (Å²) in [6.07, 6.45) is 2.10. The summed E-state index contributed by atoms with van der Waals surface area (Å²) in [5, 5.41) is 1.15. The van der Waals surface area contributed by atoms with Crippen LogP contribution < -0.4 is 10.6 Å². The van der Waals surface area contributed by atoms with E-state index in [-0.39, 0.29) is 5.69 Å². The quantitative estimate of drug-likeness (QED) is 0.705. The molecule has 4 aliphatic heterocycles. The molecule has 6 heteroatoms. The van der Waals surface area contributed by atoms with Crippen molar-refractivity contribution in [2.75, 3.05) is 25.0 Å². The molecule has 5 nitrogen and oxygen atoms in total. The number of likely N-dealkylation sites (N-methyl/N-ethyl adjacent to an activating group) is 1. The van der Waals surface area contributed by atoms with E-state index in [4.69, 9.17) is 0 Å². The third kappa shape index (κ3) is 1.59. The fourth-order valence-corrected chi connectivity index (χ4v) is 4.44. The molecule has 112 valence electrons. The van der Waals surface area contributed by atoms with Gasteiger partial charge in [-0.15, -0.1) is 0 Å². The molecule has 0 radical (unpaired) electrons. The van der Waals surface area contributed by atoms with Crippen molar-refractivity contribution in [3.8, 4) is 0 Å². The SMILES string of the molecule is CN1C2BC1CN(c1nc(=O)n3c4c(cccc14)CCC3)C2. The van der Waals surface area contributed by atoms with Crippen molar-refractivity contribution in [3.05, 3.63) is 34.2 Å². The lowest BCUT2D eigenvalue weighted by Gasteiger charge is -2.54. The first-order valence-corrected chi connectivity index (χ1v) is 8.22. The van der Waals surface area contributed by atoms with E-state index < -0.39 is 0 Å². The van der Waals surface area contributed by atoms with Crippen LogP contribution in [-0.2, 0) is 13.0 Å². The standard InChI is InChI=1S/C16H19BN4O/c1-19-12-8-20(9-13(19)17-12)15-11-6-2-4-10-5-3-7-21(14(10)11)16(22)18-15/h2,4,6,12-13,17H,3,5,7-9H2,1H3. The fraction of sp³-hybridized carbons (Fsp3) is 0.500. The van der Waals surface area contributed by atoms with E-state index in [1.807, 2.05) is 4.57 Å². The van der Waals surface area contributed by atoms with Crippen LogP contribution in [0.15, 0.2) is 23.0 Å². The van der Waals surface area contributed by atoms with Gasteiger partial charge in [0.1, 0.15) is 5.82 Å². The van der Waals surface area contributed by atoms with Crippen LogP contribution in [0.3, 0.4) is 0 Å². The van der Waals surface area contributed by atoms with E-state index in [1.54, 1.807) is 0 Å². The highest BCUT2D eigenvalue weighted by Crippen LogP contribution is 2.32. The monoisotopic (exact) mass is 294 g/mol. The van der Waals surface area contributed by atoms with E-state index in [0.717, 1.165) is 49.2 Å². The van der Waals surface area contributed by atoms with Crippen molar-refractivity contribution in [2.24, 2.45) is 0 Å². The Bertz CT molecular complexity index is 821. The topological polar surface area (TPSA) is 41.4 Å². The molecule has 1 aromatic heterocycles. The van der Waals surface area contributed by atoms with Crippen LogP contribution in [0.2, 0.25) is 0 Å². The maximum absolute atomic E-state index is 12.5. The van der Waals surface area contributed by atoms with E-state index in [9.17, 15) is 4.79 Å². The molecule has 1 aromatic carbocycles. The van der Waals surface area contributed by atoms with Crippen molar-refractivity contribution >= 4 is 24.0 Å². The van der Waals surface area contributed by atoms with Crippen LogP contribution in [0, 0.1) is 0 Å². The summed E-state index contributed by atoms with van der Waals surface area (Å²) in [5.74, 6) is 2.14. The molecule has 3 fully saturated rings. The molecule has 0 spiro atoms. The van der Waals surface area contributed by atoms with Crippen LogP contribution in [0.25, 0.3) is 10.9 Å². The Morgan fingerprint density at radius 3 is 2.86 bits per heavy atom. The molecular weight excluding hydrogens is 275 g/mol. The smallest absolute Gasteiger partial charge is 0.350 e. The Hall–Kier alpha value is -1.82. The van der Waals surface area contributed by atoms with Crippen molar-refractivity contribution in [3.63, 3.8) is 0 Å². The number of aromatic nitrogens is 2. The summed E-state index contributed by atoms with van der Waals surface area (Å²) in [6, 6.07) is 6.40. The minimum atomic E-state index is -0.0812. The molecule has 2 bridgehead atoms. The minimum absolute atomic E-state index is 0.0812. The van der Waals surface area contributed by atoms with Gasteiger partial charge in [-0.25, -0.2) is 4.79 Å². The zero-order valence-electron chi connectivity index (χ0n) is 12.8. The molecule has 4 aliphatic rings. The van der Waals surface area contributed by atoms with Crippen LogP contribution in [0.5, 0.6) is 0 Å². The average Bonchev–Trinajstić information content (AvgIpc) is 2.57. The molecule has 0 amide bonds. The van der Waals surface area contributed by atoms with Crippen molar-refractivity contribution in [2.45, 2.75) is 31.3 Å². The Morgan fingerprint density at radius 2 is 2.09 bits per heavy atom. The third-order valence-corrected chi connectivity index (χ3v) is 5.75. The first-order valence-electron chi connectivity index (χ1n) is 8.22. The summed E-state index contributed by atoms with van der Waals surface area (Å²) < 4.78 is 1.87. The van der Waals surface area contributed by atoms with E-state index in [2.05, 4.69) is 40.0 Å². The number of nitrogens with zero attached hydrogens (tertiary/aromatic N) is 4. The van der Waals surface area contributed by atoms with Gasteiger partial charge in [0.2, 0.25) is 0 Å². The molecule has 0 N–H and O–H groups in total. The van der Waals surface area contributed by atoms with Crippen LogP contribution >= 0.6 is 0 Å². The molecule has 6 rings (SSSR count). The van der Waals surface area contributed by atoms with Crippen molar-refractivity contribution in [1.29, 1.82) is 0 Å². The summed E-state index contributed by atoms with van der Waals surface area (Å²) in [5.41, 5.74) is 2.34. The van der Waals surface area contributed by atoms with Gasteiger partial charge in [-0.1, -0.05) is 12.1 Å². The van der Waals surface area contributed by atoms with Crippen LogP contribution in [0.1, 0.15) is 12.0 Å². The average molecular weight is 294 g/mol. The van der Waals surface area contributed by atoms with Crippen molar-refractivity contribution in [1.82, 2.24) is 14.5 Å².